The summed E-state index contributed by atoms with van der Waals surface area (Å²) in [4.78, 5) is 39.0. The fraction of sp³-hybridized carbons (Fsp3) is 0.316. The summed E-state index contributed by atoms with van der Waals surface area (Å²) in [5.41, 5.74) is 1.64. The highest BCUT2D eigenvalue weighted by Crippen LogP contribution is 2.22. The van der Waals surface area contributed by atoms with Crippen molar-refractivity contribution in [2.45, 2.75) is 26.2 Å². The normalized spacial score (nSPS) is 14.0. The Morgan fingerprint density at radius 2 is 1.92 bits per heavy atom. The Labute approximate surface area is 150 Å². The molecule has 0 atom stereocenters. The number of carbonyl (C=O) groups excluding carboxylic acids is 3. The minimum atomic E-state index is -0.438. The van der Waals surface area contributed by atoms with Crippen LogP contribution in [-0.2, 0) is 20.7 Å². The number of aryl methyl sites for hydroxylation is 1. The molecule has 3 rings (SSSR count). The van der Waals surface area contributed by atoms with Crippen LogP contribution in [0.2, 0.25) is 0 Å². The summed E-state index contributed by atoms with van der Waals surface area (Å²) in [5, 5.41) is 0. The molecular formula is C19H19NO4S. The fourth-order valence-corrected chi connectivity index (χ4v) is 3.53. The van der Waals surface area contributed by atoms with E-state index < -0.39 is 5.97 Å². The molecule has 6 heteroatoms. The summed E-state index contributed by atoms with van der Waals surface area (Å²) in [5.74, 6) is -0.490. The van der Waals surface area contributed by atoms with Crippen molar-refractivity contribution in [3.8, 4) is 0 Å². The third-order valence-electron chi connectivity index (χ3n) is 4.05. The second kappa shape index (κ2) is 7.61. The molecule has 1 fully saturated rings. The Hall–Kier alpha value is -2.47. The van der Waals surface area contributed by atoms with E-state index in [2.05, 4.69) is 0 Å². The fourth-order valence-electron chi connectivity index (χ4n) is 2.73. The number of nitrogens with zero attached hydrogens (tertiary/aromatic N) is 1. The number of rotatable bonds is 6. The largest absolute Gasteiger partial charge is 0.457 e. The average molecular weight is 357 g/mol. The Morgan fingerprint density at radius 3 is 2.52 bits per heavy atom. The predicted octanol–water partition coefficient (Wildman–Crippen LogP) is 3.15. The maximum atomic E-state index is 11.9. The van der Waals surface area contributed by atoms with Crippen molar-refractivity contribution in [1.29, 1.82) is 0 Å². The standard InChI is InChI=1S/C19H19NO4S/c1-13-4-9-17(25-13)16(21)12-24-19(23)11-14-5-7-15(8-6-14)20-10-2-3-18(20)22/h4-9H,2-3,10-12H2,1H3. The zero-order chi connectivity index (χ0) is 17.8. The van der Waals surface area contributed by atoms with Gasteiger partial charge in [0.05, 0.1) is 11.3 Å². The van der Waals surface area contributed by atoms with Gasteiger partial charge in [-0.3, -0.25) is 14.4 Å². The van der Waals surface area contributed by atoms with E-state index in [0.717, 1.165) is 29.1 Å². The highest BCUT2D eigenvalue weighted by atomic mass is 32.1. The molecular weight excluding hydrogens is 338 g/mol. The van der Waals surface area contributed by atoms with Gasteiger partial charge in [-0.2, -0.15) is 0 Å². The third-order valence-corrected chi connectivity index (χ3v) is 5.09. The van der Waals surface area contributed by atoms with Gasteiger partial charge in [0.25, 0.3) is 0 Å². The number of hydrogen-bond acceptors (Lipinski definition) is 5. The van der Waals surface area contributed by atoms with Crippen molar-refractivity contribution < 1.29 is 19.1 Å². The Balaban J connectivity index is 1.51. The van der Waals surface area contributed by atoms with Crippen LogP contribution >= 0.6 is 11.3 Å². The van der Waals surface area contributed by atoms with Crippen molar-refractivity contribution in [3.63, 3.8) is 0 Å². The average Bonchev–Trinajstić information content (AvgIpc) is 3.22. The molecule has 1 aromatic carbocycles. The molecule has 1 aliphatic rings. The number of amides is 1. The van der Waals surface area contributed by atoms with Gasteiger partial charge >= 0.3 is 5.97 Å². The Kier molecular flexibility index (Phi) is 5.28. The van der Waals surface area contributed by atoms with E-state index in [1.54, 1.807) is 11.0 Å². The Morgan fingerprint density at radius 1 is 1.16 bits per heavy atom. The van der Waals surface area contributed by atoms with E-state index in [1.807, 2.05) is 37.3 Å². The number of anilines is 1. The van der Waals surface area contributed by atoms with Crippen LogP contribution in [-0.4, -0.2) is 30.8 Å². The van der Waals surface area contributed by atoms with Crippen LogP contribution in [0.25, 0.3) is 0 Å². The number of ketones is 1. The second-order valence-corrected chi connectivity index (χ2v) is 7.27. The zero-order valence-corrected chi connectivity index (χ0v) is 14.8. The van der Waals surface area contributed by atoms with Crippen LogP contribution < -0.4 is 4.90 Å². The van der Waals surface area contributed by atoms with E-state index in [9.17, 15) is 14.4 Å². The van der Waals surface area contributed by atoms with Gasteiger partial charge < -0.3 is 9.64 Å². The van der Waals surface area contributed by atoms with Crippen molar-refractivity contribution in [3.05, 3.63) is 51.7 Å². The molecule has 1 aromatic heterocycles. The molecule has 1 amide bonds. The summed E-state index contributed by atoms with van der Waals surface area (Å²) >= 11 is 1.39. The van der Waals surface area contributed by atoms with Crippen molar-refractivity contribution in [2.75, 3.05) is 18.1 Å². The molecule has 0 bridgehead atoms. The summed E-state index contributed by atoms with van der Waals surface area (Å²) < 4.78 is 5.07. The molecule has 1 saturated heterocycles. The van der Waals surface area contributed by atoms with Crippen LogP contribution in [0.3, 0.4) is 0 Å². The molecule has 0 N–H and O–H groups in total. The van der Waals surface area contributed by atoms with E-state index in [4.69, 9.17) is 4.74 Å². The molecule has 0 unspecified atom stereocenters. The minimum absolute atomic E-state index is 0.102. The van der Waals surface area contributed by atoms with E-state index in [1.165, 1.54) is 11.3 Å². The van der Waals surface area contributed by atoms with Crippen LogP contribution in [0.15, 0.2) is 36.4 Å². The van der Waals surface area contributed by atoms with E-state index in [-0.39, 0.29) is 24.7 Å². The van der Waals surface area contributed by atoms with Gasteiger partial charge in [-0.25, -0.2) is 0 Å². The summed E-state index contributed by atoms with van der Waals surface area (Å²) in [6, 6.07) is 10.9. The second-order valence-electron chi connectivity index (χ2n) is 5.99. The number of ether oxygens (including phenoxy) is 1. The summed E-state index contributed by atoms with van der Waals surface area (Å²) in [7, 11) is 0. The molecule has 0 saturated carbocycles. The maximum absolute atomic E-state index is 11.9. The van der Waals surface area contributed by atoms with Crippen molar-refractivity contribution >= 4 is 34.7 Å². The summed E-state index contributed by atoms with van der Waals surface area (Å²) in [6.07, 6.45) is 1.57. The predicted molar refractivity (Wildman–Crippen MR) is 96.1 cm³/mol. The number of thiophene rings is 1. The van der Waals surface area contributed by atoms with Gasteiger partial charge in [0.15, 0.2) is 6.61 Å². The summed E-state index contributed by atoms with van der Waals surface area (Å²) in [6.45, 7) is 2.43. The van der Waals surface area contributed by atoms with E-state index >= 15 is 0 Å². The number of carbonyl (C=O) groups is 3. The number of benzene rings is 1. The minimum Gasteiger partial charge on any atom is -0.457 e. The van der Waals surface area contributed by atoms with Gasteiger partial charge in [0.1, 0.15) is 0 Å². The van der Waals surface area contributed by atoms with Crippen LogP contribution in [0.5, 0.6) is 0 Å². The van der Waals surface area contributed by atoms with Gasteiger partial charge in [-0.1, -0.05) is 12.1 Å². The molecule has 0 radical (unpaired) electrons. The topological polar surface area (TPSA) is 63.7 Å². The first-order chi connectivity index (χ1) is 12.0. The van der Waals surface area contributed by atoms with Crippen molar-refractivity contribution in [1.82, 2.24) is 0 Å². The molecule has 0 aliphatic carbocycles. The lowest BCUT2D eigenvalue weighted by molar-refractivity contribution is -0.141. The van der Waals surface area contributed by atoms with Crippen LogP contribution in [0.1, 0.15) is 33.0 Å². The molecule has 2 heterocycles. The van der Waals surface area contributed by atoms with Gasteiger partial charge in [0.2, 0.25) is 11.7 Å². The third kappa shape index (κ3) is 4.33. The lowest BCUT2D eigenvalue weighted by Crippen LogP contribution is -2.23. The maximum Gasteiger partial charge on any atom is 0.310 e. The van der Waals surface area contributed by atoms with Gasteiger partial charge in [-0.15, -0.1) is 11.3 Å². The molecule has 5 nitrogen and oxygen atoms in total. The van der Waals surface area contributed by atoms with Gasteiger partial charge in [0, 0.05) is 23.5 Å². The molecule has 0 spiro atoms. The number of esters is 1. The SMILES string of the molecule is Cc1ccc(C(=O)COC(=O)Cc2ccc(N3CCCC3=O)cc2)s1. The van der Waals surface area contributed by atoms with E-state index in [0.29, 0.717) is 11.3 Å². The smallest absolute Gasteiger partial charge is 0.310 e. The monoisotopic (exact) mass is 357 g/mol. The molecule has 25 heavy (non-hydrogen) atoms. The first-order valence-corrected chi connectivity index (χ1v) is 8.99. The molecule has 2 aromatic rings. The number of Topliss-reactive ketones (excluding diaryl/α,β-unsaturated/α-hetero) is 1. The Bertz CT molecular complexity index is 794. The first-order valence-electron chi connectivity index (χ1n) is 8.17. The van der Waals surface area contributed by atoms with Crippen LogP contribution in [0.4, 0.5) is 5.69 Å². The van der Waals surface area contributed by atoms with Crippen LogP contribution in [0, 0.1) is 6.92 Å². The van der Waals surface area contributed by atoms with Crippen molar-refractivity contribution in [2.24, 2.45) is 0 Å². The number of hydrogen-bond donors (Lipinski definition) is 0. The first kappa shape index (κ1) is 17.4. The quantitative estimate of drug-likeness (QED) is 0.588. The van der Waals surface area contributed by atoms with Gasteiger partial charge in [-0.05, 0) is 43.2 Å². The highest BCUT2D eigenvalue weighted by Gasteiger charge is 2.21. The molecule has 130 valence electrons. The highest BCUT2D eigenvalue weighted by molar-refractivity contribution is 7.14. The zero-order valence-electron chi connectivity index (χ0n) is 14.0. The lowest BCUT2D eigenvalue weighted by Gasteiger charge is -2.15. The lowest BCUT2D eigenvalue weighted by atomic mass is 10.1. The molecule has 1 aliphatic heterocycles.